The molecule has 2 aliphatic rings. The van der Waals surface area contributed by atoms with Gasteiger partial charge >= 0.3 is 0 Å². The third-order valence-corrected chi connectivity index (χ3v) is 8.91. The molecule has 0 aliphatic heterocycles. The Kier molecular flexibility index (Phi) is 3.67. The number of nitrogens with zero attached hydrogens (tertiary/aromatic N) is 1. The fraction of sp³-hybridized carbons (Fsp3) is 0.462. The molecule has 0 saturated heterocycles. The van der Waals surface area contributed by atoms with E-state index in [2.05, 4.69) is 93.9 Å². The van der Waals surface area contributed by atoms with Crippen molar-refractivity contribution in [2.45, 2.75) is 65.2 Å². The Morgan fingerprint density at radius 2 is 1.54 bits per heavy atom. The topological polar surface area (TPSA) is 4.93 Å². The Morgan fingerprint density at radius 3 is 2.21 bits per heavy atom. The molecule has 5 rings (SSSR count). The molecule has 1 fully saturated rings. The van der Waals surface area contributed by atoms with Gasteiger partial charge in [0.1, 0.15) is 0 Å². The van der Waals surface area contributed by atoms with Crippen molar-refractivity contribution in [3.05, 3.63) is 59.7 Å². The van der Waals surface area contributed by atoms with Gasteiger partial charge in [0.2, 0.25) is 0 Å². The number of hydrogen-bond acceptors (Lipinski definition) is 0. The quantitative estimate of drug-likeness (QED) is 0.422. The minimum Gasteiger partial charge on any atom is -0.341 e. The molecule has 1 nitrogen and oxygen atoms in total. The van der Waals surface area contributed by atoms with E-state index >= 15 is 0 Å². The molecule has 0 N–H and O–H groups in total. The summed E-state index contributed by atoms with van der Waals surface area (Å²) < 4.78 is 2.67. The predicted octanol–water partition coefficient (Wildman–Crippen LogP) is 7.12. The van der Waals surface area contributed by atoms with Crippen molar-refractivity contribution < 1.29 is 0 Å². The lowest BCUT2D eigenvalue weighted by Crippen LogP contribution is -2.63. The van der Waals surface area contributed by atoms with Crippen LogP contribution >= 0.6 is 0 Å². The molecule has 0 bridgehead atoms. The van der Waals surface area contributed by atoms with Gasteiger partial charge in [0.25, 0.3) is 0 Å². The predicted molar refractivity (Wildman–Crippen MR) is 123 cm³/mol. The Labute approximate surface area is 171 Å². The maximum Gasteiger partial charge on any atom is 0.0536 e. The highest BCUT2D eigenvalue weighted by atomic mass is 28.3. The molecule has 2 heteroatoms. The average Bonchev–Trinajstić information content (AvgIpc) is 3.11. The fourth-order valence-electron chi connectivity index (χ4n) is 7.27. The van der Waals surface area contributed by atoms with Crippen LogP contribution in [0.15, 0.2) is 48.5 Å². The number of rotatable bonds is 3. The van der Waals surface area contributed by atoms with Crippen LogP contribution in [-0.2, 0) is 12.0 Å². The molecule has 1 heterocycles. The van der Waals surface area contributed by atoms with Gasteiger partial charge in [-0.25, -0.2) is 0 Å². The summed E-state index contributed by atoms with van der Waals surface area (Å²) >= 11 is 0. The molecular weight excluding hydrogens is 354 g/mol. The van der Waals surface area contributed by atoms with Crippen molar-refractivity contribution in [1.82, 2.24) is 4.57 Å². The molecule has 0 amide bonds. The SMILES string of the molecule is C[Si](C)CCn1c2c(c3ccccc31)C1(c3ccccc3-2)C(C)(C)CC1(C)C. The first kappa shape index (κ1) is 18.2. The molecule has 28 heavy (non-hydrogen) atoms. The van der Waals surface area contributed by atoms with Crippen molar-refractivity contribution in [1.29, 1.82) is 0 Å². The van der Waals surface area contributed by atoms with Crippen LogP contribution in [-0.4, -0.2) is 13.4 Å². The second-order valence-corrected chi connectivity index (χ2v) is 13.5. The van der Waals surface area contributed by atoms with Gasteiger partial charge in [-0.05, 0) is 40.5 Å². The third kappa shape index (κ3) is 1.97. The molecular formula is C26H32NSi. The molecule has 2 aromatic carbocycles. The van der Waals surface area contributed by atoms with Crippen LogP contribution in [0, 0.1) is 10.8 Å². The van der Waals surface area contributed by atoms with Crippen molar-refractivity contribution >= 4 is 19.7 Å². The molecule has 0 unspecified atom stereocenters. The number of benzene rings is 2. The molecule has 1 radical (unpaired) electrons. The van der Waals surface area contributed by atoms with Gasteiger partial charge in [-0.15, -0.1) is 0 Å². The molecule has 2 aliphatic carbocycles. The molecule has 0 atom stereocenters. The number of aromatic nitrogens is 1. The molecule has 1 aromatic heterocycles. The summed E-state index contributed by atoms with van der Waals surface area (Å²) in [6, 6.07) is 19.8. The van der Waals surface area contributed by atoms with Crippen molar-refractivity contribution in [3.8, 4) is 11.3 Å². The maximum atomic E-state index is 2.67. The van der Waals surface area contributed by atoms with Gasteiger partial charge in [-0.1, -0.05) is 83.3 Å². The molecule has 3 aromatic rings. The van der Waals surface area contributed by atoms with Crippen LogP contribution in [0.25, 0.3) is 22.2 Å². The molecule has 1 spiro atoms. The summed E-state index contributed by atoms with van der Waals surface area (Å²) in [5, 5.41) is 1.48. The smallest absolute Gasteiger partial charge is 0.0536 e. The second kappa shape index (κ2) is 5.63. The average molecular weight is 387 g/mol. The Hall–Kier alpha value is -1.80. The number of para-hydroxylation sites is 1. The summed E-state index contributed by atoms with van der Waals surface area (Å²) in [4.78, 5) is 0. The van der Waals surface area contributed by atoms with E-state index in [1.807, 2.05) is 0 Å². The van der Waals surface area contributed by atoms with Crippen molar-refractivity contribution in [3.63, 3.8) is 0 Å². The normalized spacial score (nSPS) is 20.4. The third-order valence-electron chi connectivity index (χ3n) is 7.68. The summed E-state index contributed by atoms with van der Waals surface area (Å²) in [7, 11) is -0.258. The Balaban J connectivity index is 1.92. The van der Waals surface area contributed by atoms with Crippen LogP contribution in [0.5, 0.6) is 0 Å². The lowest BCUT2D eigenvalue weighted by molar-refractivity contribution is -0.0849. The zero-order chi connectivity index (χ0) is 19.9. The van der Waals surface area contributed by atoms with E-state index < -0.39 is 0 Å². The Morgan fingerprint density at radius 1 is 0.893 bits per heavy atom. The summed E-state index contributed by atoms with van der Waals surface area (Å²) in [6.45, 7) is 16.0. The summed E-state index contributed by atoms with van der Waals surface area (Å²) in [5.74, 6) is 0. The van der Waals surface area contributed by atoms with E-state index in [1.54, 1.807) is 11.1 Å². The van der Waals surface area contributed by atoms with Crippen molar-refractivity contribution in [2.24, 2.45) is 10.8 Å². The van der Waals surface area contributed by atoms with Crippen molar-refractivity contribution in [2.75, 3.05) is 0 Å². The van der Waals surface area contributed by atoms with Gasteiger partial charge in [0.15, 0.2) is 0 Å². The standard InChI is InChI=1S/C26H32NSi/c1-24(2)17-25(3,4)26(24)20-13-9-7-11-18(20)23-22(26)19-12-8-10-14-21(19)27(23)15-16-28(5)6/h7-14H,15-17H2,1-6H3. The number of hydrogen-bond donors (Lipinski definition) is 0. The highest BCUT2D eigenvalue weighted by Crippen LogP contribution is 2.76. The lowest BCUT2D eigenvalue weighted by atomic mass is 9.35. The first-order chi connectivity index (χ1) is 13.2. The van der Waals surface area contributed by atoms with E-state index in [-0.39, 0.29) is 25.0 Å². The van der Waals surface area contributed by atoms with Gasteiger partial charge in [0.05, 0.1) is 5.69 Å². The largest absolute Gasteiger partial charge is 0.341 e. The lowest BCUT2D eigenvalue weighted by Gasteiger charge is -2.67. The van der Waals surface area contributed by atoms with Gasteiger partial charge in [-0.3, -0.25) is 0 Å². The monoisotopic (exact) mass is 386 g/mol. The van der Waals surface area contributed by atoms with Crippen LogP contribution in [0.3, 0.4) is 0 Å². The van der Waals surface area contributed by atoms with E-state index in [1.165, 1.54) is 34.6 Å². The zero-order valence-corrected chi connectivity index (χ0v) is 19.2. The van der Waals surface area contributed by atoms with E-state index in [0.29, 0.717) is 0 Å². The minimum atomic E-state index is -0.258. The summed E-state index contributed by atoms with van der Waals surface area (Å²) in [5.41, 5.74) is 8.24. The summed E-state index contributed by atoms with van der Waals surface area (Å²) in [6.07, 6.45) is 1.27. The van der Waals surface area contributed by atoms with Gasteiger partial charge in [-0.2, -0.15) is 0 Å². The highest BCUT2D eigenvalue weighted by molar-refractivity contribution is 6.55. The van der Waals surface area contributed by atoms with Gasteiger partial charge < -0.3 is 4.57 Å². The Bertz CT molecular complexity index is 1070. The zero-order valence-electron chi connectivity index (χ0n) is 18.2. The van der Waals surface area contributed by atoms with Crippen LogP contribution in [0.4, 0.5) is 0 Å². The van der Waals surface area contributed by atoms with Gasteiger partial charge in [0, 0.05) is 37.2 Å². The maximum absolute atomic E-state index is 2.67. The fourth-order valence-corrected chi connectivity index (χ4v) is 7.94. The first-order valence-electron chi connectivity index (χ1n) is 10.7. The van der Waals surface area contributed by atoms with Crippen LogP contribution < -0.4 is 0 Å². The van der Waals surface area contributed by atoms with Crippen LogP contribution in [0.2, 0.25) is 19.1 Å². The number of aryl methyl sites for hydroxylation is 1. The van der Waals surface area contributed by atoms with E-state index in [0.717, 1.165) is 6.54 Å². The minimum absolute atomic E-state index is 0.100. The van der Waals surface area contributed by atoms with E-state index in [4.69, 9.17) is 0 Å². The van der Waals surface area contributed by atoms with E-state index in [9.17, 15) is 0 Å². The number of fused-ring (bicyclic) bond motifs is 7. The second-order valence-electron chi connectivity index (χ2n) is 10.6. The molecule has 145 valence electrons. The molecule has 1 saturated carbocycles. The van der Waals surface area contributed by atoms with Crippen LogP contribution in [0.1, 0.15) is 45.2 Å². The first-order valence-corrected chi connectivity index (χ1v) is 13.4. The highest BCUT2D eigenvalue weighted by Gasteiger charge is 2.70.